The number of aliphatic carboxylic acids is 1. The van der Waals surface area contributed by atoms with Gasteiger partial charge in [0, 0.05) is 6.42 Å². The van der Waals surface area contributed by atoms with Crippen molar-refractivity contribution in [2.75, 3.05) is 26.7 Å². The molecule has 5 nitrogen and oxygen atoms in total. The van der Waals surface area contributed by atoms with Crippen molar-refractivity contribution in [3.05, 3.63) is 0 Å². The molecule has 98 valence electrons. The zero-order chi connectivity index (χ0) is 12.3. The average Bonchev–Trinajstić information content (AvgIpc) is 2.68. The molecule has 2 rings (SSSR count). The third-order valence-corrected chi connectivity index (χ3v) is 3.58. The van der Waals surface area contributed by atoms with Crippen molar-refractivity contribution >= 4 is 5.97 Å². The van der Waals surface area contributed by atoms with Crippen LogP contribution in [0.5, 0.6) is 0 Å². The van der Waals surface area contributed by atoms with Crippen LogP contribution in [0.15, 0.2) is 0 Å². The maximum atomic E-state index is 10.5. The number of carbonyl (C=O) groups is 1. The lowest BCUT2D eigenvalue weighted by atomic mass is 9.94. The van der Waals surface area contributed by atoms with E-state index < -0.39 is 5.97 Å². The fraction of sp³-hybridized carbons (Fsp3) is 0.917. The Labute approximate surface area is 102 Å². The summed E-state index contributed by atoms with van der Waals surface area (Å²) in [6.45, 7) is 2.69. The monoisotopic (exact) mass is 243 g/mol. The summed E-state index contributed by atoms with van der Waals surface area (Å²) in [5, 5.41) is 8.67. The molecule has 2 fully saturated rings. The molecule has 2 aliphatic heterocycles. The number of ether oxygens (including phenoxy) is 2. The summed E-state index contributed by atoms with van der Waals surface area (Å²) in [5.41, 5.74) is 0. The summed E-state index contributed by atoms with van der Waals surface area (Å²) in [6.07, 6.45) is 2.87. The Balaban J connectivity index is 1.69. The van der Waals surface area contributed by atoms with Crippen LogP contribution in [0.1, 0.15) is 25.7 Å². The first kappa shape index (κ1) is 12.8. The van der Waals surface area contributed by atoms with Crippen molar-refractivity contribution in [2.24, 2.45) is 5.92 Å². The molecule has 0 aliphatic carbocycles. The molecule has 2 aliphatic rings. The summed E-state index contributed by atoms with van der Waals surface area (Å²) in [6, 6.07) is 0. The lowest BCUT2D eigenvalue weighted by Crippen LogP contribution is -2.32. The molecule has 17 heavy (non-hydrogen) atoms. The number of hydrogen-bond acceptors (Lipinski definition) is 4. The normalized spacial score (nSPS) is 31.8. The van der Waals surface area contributed by atoms with Crippen molar-refractivity contribution < 1.29 is 19.4 Å². The van der Waals surface area contributed by atoms with E-state index in [0.29, 0.717) is 12.5 Å². The van der Waals surface area contributed by atoms with Crippen molar-refractivity contribution in [1.82, 2.24) is 4.90 Å². The molecule has 5 heteroatoms. The summed E-state index contributed by atoms with van der Waals surface area (Å²) in [7, 11) is 2.14. The highest BCUT2D eigenvalue weighted by molar-refractivity contribution is 5.67. The van der Waals surface area contributed by atoms with Gasteiger partial charge in [0.2, 0.25) is 0 Å². The molecule has 2 heterocycles. The van der Waals surface area contributed by atoms with E-state index in [-0.39, 0.29) is 18.8 Å². The lowest BCUT2D eigenvalue weighted by molar-refractivity contribution is -0.140. The fourth-order valence-electron chi connectivity index (χ4n) is 2.50. The molecular weight excluding hydrogens is 222 g/mol. The molecular formula is C12H21NO4. The van der Waals surface area contributed by atoms with Crippen molar-refractivity contribution in [1.29, 1.82) is 0 Å². The highest BCUT2D eigenvalue weighted by Gasteiger charge is 2.30. The molecule has 1 N–H and O–H groups in total. The smallest absolute Gasteiger partial charge is 0.306 e. The predicted molar refractivity (Wildman–Crippen MR) is 61.7 cm³/mol. The third kappa shape index (κ3) is 3.94. The molecule has 0 aromatic rings. The number of carboxylic acid groups (broad SMARTS) is 1. The summed E-state index contributed by atoms with van der Waals surface area (Å²) < 4.78 is 11.1. The number of likely N-dealkylation sites (tertiary alicyclic amines) is 1. The second-order valence-electron chi connectivity index (χ2n) is 5.10. The minimum atomic E-state index is -0.821. The Morgan fingerprint density at radius 1 is 1.41 bits per heavy atom. The Hall–Kier alpha value is -0.650. The second kappa shape index (κ2) is 5.80. The maximum absolute atomic E-state index is 10.5. The van der Waals surface area contributed by atoms with Crippen LogP contribution in [-0.4, -0.2) is 55.1 Å². The minimum Gasteiger partial charge on any atom is -0.481 e. The molecule has 0 saturated carbocycles. The maximum Gasteiger partial charge on any atom is 0.306 e. The van der Waals surface area contributed by atoms with E-state index in [0.717, 1.165) is 19.5 Å². The summed E-state index contributed by atoms with van der Waals surface area (Å²) in [5.74, 6) is -0.168. The van der Waals surface area contributed by atoms with E-state index in [1.165, 1.54) is 12.8 Å². The molecule has 0 aromatic heterocycles. The summed E-state index contributed by atoms with van der Waals surface area (Å²) in [4.78, 5) is 12.9. The molecule has 0 spiro atoms. The van der Waals surface area contributed by atoms with Crippen LogP contribution in [0.3, 0.4) is 0 Å². The molecule has 0 amide bonds. The van der Waals surface area contributed by atoms with Gasteiger partial charge < -0.3 is 19.5 Å². The van der Waals surface area contributed by atoms with Gasteiger partial charge in [0.1, 0.15) is 0 Å². The number of hydrogen-bond donors (Lipinski definition) is 1. The topological polar surface area (TPSA) is 59.0 Å². The van der Waals surface area contributed by atoms with Crippen LogP contribution in [0.4, 0.5) is 0 Å². The third-order valence-electron chi connectivity index (χ3n) is 3.58. The van der Waals surface area contributed by atoms with E-state index in [4.69, 9.17) is 14.6 Å². The van der Waals surface area contributed by atoms with Gasteiger partial charge in [-0.15, -0.1) is 0 Å². The van der Waals surface area contributed by atoms with E-state index in [9.17, 15) is 4.79 Å². The lowest BCUT2D eigenvalue weighted by Gasteiger charge is -2.29. The molecule has 2 unspecified atom stereocenters. The molecule has 0 radical (unpaired) electrons. The molecule has 2 saturated heterocycles. The largest absolute Gasteiger partial charge is 0.481 e. The van der Waals surface area contributed by atoms with Gasteiger partial charge in [0.25, 0.3) is 0 Å². The Morgan fingerprint density at radius 2 is 2.12 bits per heavy atom. The van der Waals surface area contributed by atoms with Gasteiger partial charge in [-0.05, 0) is 38.9 Å². The van der Waals surface area contributed by atoms with E-state index in [2.05, 4.69) is 11.9 Å². The van der Waals surface area contributed by atoms with Crippen LogP contribution in [0, 0.1) is 5.92 Å². The number of carboxylic acids is 1. The van der Waals surface area contributed by atoms with Gasteiger partial charge >= 0.3 is 5.97 Å². The van der Waals surface area contributed by atoms with Gasteiger partial charge in [-0.1, -0.05) is 0 Å². The van der Waals surface area contributed by atoms with Crippen LogP contribution >= 0.6 is 0 Å². The average molecular weight is 243 g/mol. The number of rotatable bonds is 4. The summed E-state index contributed by atoms with van der Waals surface area (Å²) >= 11 is 0. The zero-order valence-electron chi connectivity index (χ0n) is 10.3. The first-order valence-corrected chi connectivity index (χ1v) is 6.31. The van der Waals surface area contributed by atoms with E-state index >= 15 is 0 Å². The van der Waals surface area contributed by atoms with E-state index in [1.807, 2.05) is 0 Å². The Bertz CT molecular complexity index is 263. The first-order valence-electron chi connectivity index (χ1n) is 6.31. The van der Waals surface area contributed by atoms with Crippen LogP contribution in [0.2, 0.25) is 0 Å². The standard InChI is InChI=1S/C12H21NO4/c1-13-4-2-9(3-5-13)6-12-16-8-10(17-12)7-11(14)15/h9-10,12H,2-8H2,1H3,(H,14,15). The molecule has 0 aromatic carbocycles. The van der Waals surface area contributed by atoms with Crippen molar-refractivity contribution in [2.45, 2.75) is 38.1 Å². The van der Waals surface area contributed by atoms with E-state index in [1.54, 1.807) is 0 Å². The second-order valence-corrected chi connectivity index (χ2v) is 5.10. The van der Waals surface area contributed by atoms with Crippen LogP contribution < -0.4 is 0 Å². The molecule has 2 atom stereocenters. The zero-order valence-corrected chi connectivity index (χ0v) is 10.3. The van der Waals surface area contributed by atoms with Gasteiger partial charge in [0.05, 0.1) is 19.1 Å². The number of piperidine rings is 1. The Morgan fingerprint density at radius 3 is 2.76 bits per heavy atom. The van der Waals surface area contributed by atoms with Crippen molar-refractivity contribution in [3.8, 4) is 0 Å². The van der Waals surface area contributed by atoms with Gasteiger partial charge in [-0.25, -0.2) is 0 Å². The molecule has 0 bridgehead atoms. The van der Waals surface area contributed by atoms with Crippen LogP contribution in [-0.2, 0) is 14.3 Å². The highest BCUT2D eigenvalue weighted by atomic mass is 16.7. The van der Waals surface area contributed by atoms with Crippen molar-refractivity contribution in [3.63, 3.8) is 0 Å². The van der Waals surface area contributed by atoms with Gasteiger partial charge in [0.15, 0.2) is 6.29 Å². The Kier molecular flexibility index (Phi) is 4.36. The highest BCUT2D eigenvalue weighted by Crippen LogP contribution is 2.26. The number of nitrogens with zero attached hydrogens (tertiary/aromatic N) is 1. The predicted octanol–water partition coefficient (Wildman–Crippen LogP) is 0.934. The quantitative estimate of drug-likeness (QED) is 0.796. The SMILES string of the molecule is CN1CCC(CC2OCC(CC(=O)O)O2)CC1. The first-order chi connectivity index (χ1) is 8.13. The van der Waals surface area contributed by atoms with Crippen LogP contribution in [0.25, 0.3) is 0 Å². The van der Waals surface area contributed by atoms with Gasteiger partial charge in [-0.2, -0.15) is 0 Å². The minimum absolute atomic E-state index is 0.0455. The van der Waals surface area contributed by atoms with Gasteiger partial charge in [-0.3, -0.25) is 4.79 Å². The fourth-order valence-corrected chi connectivity index (χ4v) is 2.50.